The molecule has 0 bridgehead atoms. The third-order valence-corrected chi connectivity index (χ3v) is 6.59. The predicted molar refractivity (Wildman–Crippen MR) is 86.0 cm³/mol. The van der Waals surface area contributed by atoms with Gasteiger partial charge in [0, 0.05) is 9.64 Å². The third-order valence-electron chi connectivity index (χ3n) is 2.70. The van der Waals surface area contributed by atoms with Gasteiger partial charge in [0.25, 0.3) is 0 Å². The highest BCUT2D eigenvalue weighted by Crippen LogP contribution is 2.40. The Morgan fingerprint density at radius 2 is 1.62 bits per heavy atom. The second-order valence-corrected chi connectivity index (χ2v) is 11.3. The summed E-state index contributed by atoms with van der Waals surface area (Å²) in [5, 5.41) is 9.34. The zero-order valence-electron chi connectivity index (χ0n) is 13.2. The molecule has 0 radical (unpaired) electrons. The van der Waals surface area contributed by atoms with Crippen LogP contribution in [-0.4, -0.2) is 29.0 Å². The van der Waals surface area contributed by atoms with E-state index >= 15 is 0 Å². The number of sulfone groups is 1. The van der Waals surface area contributed by atoms with Crippen LogP contribution in [0.25, 0.3) is 0 Å². The number of carboxylic acids is 1. The van der Waals surface area contributed by atoms with Crippen LogP contribution in [0.15, 0.2) is 28.0 Å². The van der Waals surface area contributed by atoms with Crippen molar-refractivity contribution in [2.75, 3.05) is 0 Å². The summed E-state index contributed by atoms with van der Waals surface area (Å²) < 4.78 is 24.3. The van der Waals surface area contributed by atoms with E-state index < -0.39 is 20.6 Å². The number of hydrogen-bond donors (Lipinski definition) is 1. The fourth-order valence-corrected chi connectivity index (χ4v) is 4.53. The summed E-state index contributed by atoms with van der Waals surface area (Å²) in [6, 6.07) is 4.59. The molecule has 1 N–H and O–H groups in total. The van der Waals surface area contributed by atoms with Crippen LogP contribution in [0, 0.1) is 0 Å². The van der Waals surface area contributed by atoms with E-state index in [1.807, 2.05) is 20.8 Å². The molecule has 1 aromatic rings. The van der Waals surface area contributed by atoms with Gasteiger partial charge < -0.3 is 5.11 Å². The first kappa shape index (κ1) is 18.0. The summed E-state index contributed by atoms with van der Waals surface area (Å²) in [5.41, 5.74) is -0.167. The summed E-state index contributed by atoms with van der Waals surface area (Å²) >= 11 is 1.36. The molecule has 0 aromatic heterocycles. The van der Waals surface area contributed by atoms with Crippen molar-refractivity contribution in [2.45, 2.75) is 60.8 Å². The van der Waals surface area contributed by atoms with Gasteiger partial charge in [0.2, 0.25) is 0 Å². The molecule has 1 rings (SSSR count). The van der Waals surface area contributed by atoms with Gasteiger partial charge in [-0.05, 0) is 32.9 Å². The fourth-order valence-electron chi connectivity index (χ4n) is 1.68. The molecular weight excluding hydrogens is 308 g/mol. The minimum atomic E-state index is -3.76. The third kappa shape index (κ3) is 4.01. The molecule has 0 amide bonds. The van der Waals surface area contributed by atoms with Crippen molar-refractivity contribution < 1.29 is 18.3 Å². The molecule has 0 aliphatic carbocycles. The minimum Gasteiger partial charge on any atom is -0.478 e. The number of rotatable bonds is 3. The van der Waals surface area contributed by atoms with E-state index in [4.69, 9.17) is 0 Å². The Morgan fingerprint density at radius 3 is 2.00 bits per heavy atom. The second-order valence-electron chi connectivity index (χ2n) is 6.77. The lowest BCUT2D eigenvalue weighted by Gasteiger charge is -2.25. The first-order valence-electron chi connectivity index (χ1n) is 6.57. The van der Waals surface area contributed by atoms with Crippen molar-refractivity contribution in [3.63, 3.8) is 0 Å². The van der Waals surface area contributed by atoms with Gasteiger partial charge in [-0.25, -0.2) is 13.2 Å². The Kier molecular flexibility index (Phi) is 4.85. The smallest absolute Gasteiger partial charge is 0.337 e. The maximum atomic E-state index is 12.8. The highest BCUT2D eigenvalue weighted by Gasteiger charge is 2.37. The molecule has 0 aliphatic rings. The summed E-state index contributed by atoms with van der Waals surface area (Å²) in [7, 11) is -3.76. The molecule has 6 heteroatoms. The molecule has 0 aliphatic heterocycles. The molecule has 4 nitrogen and oxygen atoms in total. The molecule has 21 heavy (non-hydrogen) atoms. The molecular formula is C15H22O4S2. The summed E-state index contributed by atoms with van der Waals surface area (Å²) in [5.74, 6) is -1.23. The van der Waals surface area contributed by atoms with Gasteiger partial charge in [-0.15, -0.1) is 11.8 Å². The summed E-state index contributed by atoms with van der Waals surface area (Å²) in [4.78, 5) is 11.8. The Balaban J connectivity index is 3.71. The second kappa shape index (κ2) is 5.65. The van der Waals surface area contributed by atoms with Crippen LogP contribution in [0.2, 0.25) is 0 Å². The van der Waals surface area contributed by atoms with Gasteiger partial charge in [-0.2, -0.15) is 0 Å². The zero-order chi connectivity index (χ0) is 16.6. The molecule has 0 heterocycles. The Morgan fingerprint density at radius 1 is 1.10 bits per heavy atom. The molecule has 0 saturated heterocycles. The number of carbonyl (C=O) groups is 1. The summed E-state index contributed by atoms with van der Waals surface area (Å²) in [6.07, 6.45) is 0. The van der Waals surface area contributed by atoms with Crippen LogP contribution >= 0.6 is 11.8 Å². The van der Waals surface area contributed by atoms with Crippen molar-refractivity contribution in [3.05, 3.63) is 23.8 Å². The lowest BCUT2D eigenvalue weighted by Crippen LogP contribution is -2.30. The van der Waals surface area contributed by atoms with Crippen LogP contribution in [0.1, 0.15) is 51.9 Å². The van der Waals surface area contributed by atoms with Crippen LogP contribution in [0.5, 0.6) is 0 Å². The number of thioether (sulfide) groups is 1. The molecule has 118 valence electrons. The lowest BCUT2D eigenvalue weighted by atomic mass is 10.2. The highest BCUT2D eigenvalue weighted by atomic mass is 32.2. The van der Waals surface area contributed by atoms with Crippen molar-refractivity contribution in [3.8, 4) is 0 Å². The van der Waals surface area contributed by atoms with E-state index in [9.17, 15) is 18.3 Å². The summed E-state index contributed by atoms with van der Waals surface area (Å²) in [6.45, 7) is 10.6. The molecule has 0 fully saturated rings. The molecule has 0 spiro atoms. The van der Waals surface area contributed by atoms with Crippen molar-refractivity contribution >= 4 is 27.6 Å². The van der Waals surface area contributed by atoms with E-state index in [1.54, 1.807) is 32.9 Å². The van der Waals surface area contributed by atoms with E-state index in [2.05, 4.69) is 0 Å². The Labute approximate surface area is 130 Å². The van der Waals surface area contributed by atoms with E-state index in [0.717, 1.165) is 0 Å². The molecule has 1 aromatic carbocycles. The van der Waals surface area contributed by atoms with Gasteiger partial charge in [0.1, 0.15) is 0 Å². The average Bonchev–Trinajstić information content (AvgIpc) is 2.24. The first-order valence-corrected chi connectivity index (χ1v) is 8.87. The molecule has 0 unspecified atom stereocenters. The van der Waals surface area contributed by atoms with E-state index in [0.29, 0.717) is 4.90 Å². The van der Waals surface area contributed by atoms with Crippen LogP contribution in [0.3, 0.4) is 0 Å². The van der Waals surface area contributed by atoms with Crippen LogP contribution < -0.4 is 0 Å². The Bertz CT molecular complexity index is 647. The monoisotopic (exact) mass is 330 g/mol. The highest BCUT2D eigenvalue weighted by molar-refractivity contribution is 8.01. The maximum Gasteiger partial charge on any atom is 0.337 e. The topological polar surface area (TPSA) is 71.4 Å². The number of carboxylic acid groups (broad SMARTS) is 1. The van der Waals surface area contributed by atoms with Crippen molar-refractivity contribution in [1.29, 1.82) is 0 Å². The van der Waals surface area contributed by atoms with Crippen LogP contribution in [0.4, 0.5) is 0 Å². The Hall–Kier alpha value is -1.01. The lowest BCUT2D eigenvalue weighted by molar-refractivity contribution is 0.0692. The van der Waals surface area contributed by atoms with Crippen molar-refractivity contribution in [2.24, 2.45) is 0 Å². The number of benzene rings is 1. The average molecular weight is 330 g/mol. The van der Waals surface area contributed by atoms with Crippen molar-refractivity contribution in [1.82, 2.24) is 0 Å². The first-order chi connectivity index (χ1) is 9.27. The molecule has 0 saturated carbocycles. The molecule has 0 atom stereocenters. The van der Waals surface area contributed by atoms with E-state index in [1.165, 1.54) is 17.8 Å². The SMILES string of the molecule is CC(C)(C)Sc1cccc(C(=O)O)c1S(=O)(=O)C(C)(C)C. The minimum absolute atomic E-state index is 0.0788. The normalized spacial score (nSPS) is 13.2. The van der Waals surface area contributed by atoms with Crippen LogP contribution in [-0.2, 0) is 9.84 Å². The van der Waals surface area contributed by atoms with E-state index in [-0.39, 0.29) is 15.2 Å². The van der Waals surface area contributed by atoms with Gasteiger partial charge in [0.15, 0.2) is 9.84 Å². The van der Waals surface area contributed by atoms with Gasteiger partial charge in [-0.1, -0.05) is 26.8 Å². The predicted octanol–water partition coefficient (Wildman–Crippen LogP) is 3.85. The fraction of sp³-hybridized carbons (Fsp3) is 0.533. The van der Waals surface area contributed by atoms with Gasteiger partial charge in [0.05, 0.1) is 15.2 Å². The standard InChI is InChI=1S/C15H22O4S2/c1-14(2,3)20-11-9-7-8-10(13(16)17)12(11)21(18,19)15(4,5)6/h7-9H,1-6H3,(H,16,17). The maximum absolute atomic E-state index is 12.8. The zero-order valence-corrected chi connectivity index (χ0v) is 14.9. The largest absolute Gasteiger partial charge is 0.478 e. The van der Waals surface area contributed by atoms with Gasteiger partial charge >= 0.3 is 5.97 Å². The number of aromatic carboxylic acids is 1. The quantitative estimate of drug-likeness (QED) is 0.852. The number of hydrogen-bond acceptors (Lipinski definition) is 4. The van der Waals surface area contributed by atoms with Gasteiger partial charge in [-0.3, -0.25) is 0 Å².